The summed E-state index contributed by atoms with van der Waals surface area (Å²) in [6.07, 6.45) is 1.85. The van der Waals surface area contributed by atoms with Gasteiger partial charge in [-0.25, -0.2) is 0 Å². The summed E-state index contributed by atoms with van der Waals surface area (Å²) in [6.45, 7) is 6.56. The van der Waals surface area contributed by atoms with Crippen molar-refractivity contribution >= 4 is 34.2 Å². The van der Waals surface area contributed by atoms with Crippen molar-refractivity contribution in [2.24, 2.45) is 0 Å². The van der Waals surface area contributed by atoms with Crippen molar-refractivity contribution in [3.63, 3.8) is 0 Å². The molecular formula is C22H24ClNO4. The monoisotopic (exact) mass is 401 g/mol. The van der Waals surface area contributed by atoms with Crippen LogP contribution in [0.3, 0.4) is 0 Å². The summed E-state index contributed by atoms with van der Waals surface area (Å²) in [4.78, 5) is 11.8. The third kappa shape index (κ3) is 4.78. The molecule has 1 N–H and O–H groups in total. The minimum atomic E-state index is -0.275. The van der Waals surface area contributed by atoms with Crippen LogP contribution < -0.4 is 10.1 Å². The minimum Gasteiger partial charge on any atom is -0.488 e. The second-order valence-corrected chi connectivity index (χ2v) is 7.20. The Morgan fingerprint density at radius 2 is 2.00 bits per heavy atom. The van der Waals surface area contributed by atoms with Crippen LogP contribution >= 0.6 is 11.6 Å². The highest BCUT2D eigenvalue weighted by molar-refractivity contribution is 6.31. The first-order chi connectivity index (χ1) is 13.5. The van der Waals surface area contributed by atoms with E-state index in [1.54, 1.807) is 13.2 Å². The van der Waals surface area contributed by atoms with Crippen molar-refractivity contribution in [2.45, 2.75) is 39.8 Å². The number of carbonyl (C=O) groups is 1. The van der Waals surface area contributed by atoms with Gasteiger partial charge in [0, 0.05) is 27.6 Å². The van der Waals surface area contributed by atoms with Gasteiger partial charge >= 0.3 is 5.97 Å². The number of rotatable bonds is 8. The molecule has 0 radical (unpaired) electrons. The Bertz CT molecular complexity index is 964. The minimum absolute atomic E-state index is 0.171. The lowest BCUT2D eigenvalue weighted by molar-refractivity contribution is -0.142. The summed E-state index contributed by atoms with van der Waals surface area (Å²) in [5.41, 5.74) is 3.27. The fourth-order valence-corrected chi connectivity index (χ4v) is 3.21. The van der Waals surface area contributed by atoms with Crippen LogP contribution in [0.15, 0.2) is 47.1 Å². The molecule has 1 aromatic heterocycles. The van der Waals surface area contributed by atoms with Gasteiger partial charge in [-0.05, 0) is 39.0 Å². The van der Waals surface area contributed by atoms with Crippen molar-refractivity contribution in [2.75, 3.05) is 11.9 Å². The molecule has 0 fully saturated rings. The fraction of sp³-hybridized carbons (Fsp3) is 0.318. The molecule has 0 aliphatic carbocycles. The van der Waals surface area contributed by atoms with Crippen LogP contribution in [0.1, 0.15) is 31.9 Å². The van der Waals surface area contributed by atoms with E-state index in [-0.39, 0.29) is 18.4 Å². The van der Waals surface area contributed by atoms with Crippen molar-refractivity contribution in [1.29, 1.82) is 0 Å². The van der Waals surface area contributed by atoms with Gasteiger partial charge in [0.25, 0.3) is 0 Å². The predicted molar refractivity (Wildman–Crippen MR) is 111 cm³/mol. The van der Waals surface area contributed by atoms with Gasteiger partial charge in [0.1, 0.15) is 12.4 Å². The lowest BCUT2D eigenvalue weighted by Gasteiger charge is -2.12. The largest absolute Gasteiger partial charge is 0.488 e. The first kappa shape index (κ1) is 20.1. The van der Waals surface area contributed by atoms with E-state index in [2.05, 4.69) is 19.2 Å². The number of furan rings is 1. The number of ether oxygens (including phenoxy) is 2. The van der Waals surface area contributed by atoms with Crippen LogP contribution in [-0.4, -0.2) is 18.6 Å². The van der Waals surface area contributed by atoms with Gasteiger partial charge in [-0.3, -0.25) is 4.79 Å². The first-order valence-electron chi connectivity index (χ1n) is 9.30. The molecule has 2 aromatic carbocycles. The quantitative estimate of drug-likeness (QED) is 0.498. The molecule has 28 heavy (non-hydrogen) atoms. The lowest BCUT2D eigenvalue weighted by Crippen LogP contribution is -2.09. The Balaban J connectivity index is 1.81. The maximum Gasteiger partial charge on any atom is 0.310 e. The van der Waals surface area contributed by atoms with Crippen molar-refractivity contribution in [1.82, 2.24) is 0 Å². The van der Waals surface area contributed by atoms with E-state index >= 15 is 0 Å². The predicted octanol–water partition coefficient (Wildman–Crippen LogP) is 5.59. The molecule has 0 saturated heterocycles. The Hall–Kier alpha value is -2.66. The molecule has 0 aliphatic rings. The molecule has 0 atom stereocenters. The lowest BCUT2D eigenvalue weighted by atomic mass is 10.1. The van der Waals surface area contributed by atoms with Crippen LogP contribution in [0, 0.1) is 0 Å². The number of benzene rings is 2. The fourth-order valence-electron chi connectivity index (χ4n) is 3.00. The van der Waals surface area contributed by atoms with E-state index in [0.717, 1.165) is 27.8 Å². The molecule has 0 bridgehead atoms. The third-order valence-electron chi connectivity index (χ3n) is 4.16. The van der Waals surface area contributed by atoms with Crippen LogP contribution in [-0.2, 0) is 22.6 Å². The van der Waals surface area contributed by atoms with Crippen molar-refractivity contribution in [3.8, 4) is 5.75 Å². The highest BCUT2D eigenvalue weighted by Gasteiger charge is 2.14. The highest BCUT2D eigenvalue weighted by Crippen LogP contribution is 2.33. The molecule has 0 saturated carbocycles. The number of esters is 1. The zero-order valence-electron chi connectivity index (χ0n) is 16.3. The molecule has 3 aromatic rings. The number of carbonyl (C=O) groups excluding carboxylic acids is 1. The summed E-state index contributed by atoms with van der Waals surface area (Å²) in [6, 6.07) is 11.4. The second kappa shape index (κ2) is 9.02. The van der Waals surface area contributed by atoms with E-state index in [4.69, 9.17) is 25.5 Å². The average molecular weight is 402 g/mol. The molecule has 6 heteroatoms. The second-order valence-electron chi connectivity index (χ2n) is 6.77. The number of anilines is 1. The molecule has 0 aliphatic heterocycles. The molecule has 0 spiro atoms. The zero-order valence-corrected chi connectivity index (χ0v) is 17.0. The topological polar surface area (TPSA) is 60.7 Å². The van der Waals surface area contributed by atoms with Gasteiger partial charge in [0.05, 0.1) is 25.0 Å². The molecule has 1 heterocycles. The average Bonchev–Trinajstić information content (AvgIpc) is 3.03. The Morgan fingerprint density at radius 3 is 2.75 bits per heavy atom. The van der Waals surface area contributed by atoms with Gasteiger partial charge in [-0.2, -0.15) is 0 Å². The number of hydrogen-bond donors (Lipinski definition) is 1. The van der Waals surface area contributed by atoms with E-state index in [1.165, 1.54) is 0 Å². The van der Waals surface area contributed by atoms with Gasteiger partial charge in [-0.1, -0.05) is 29.8 Å². The Labute approximate surface area is 169 Å². The number of fused-ring (bicyclic) bond motifs is 1. The molecule has 0 unspecified atom stereocenters. The van der Waals surface area contributed by atoms with Gasteiger partial charge < -0.3 is 19.2 Å². The summed E-state index contributed by atoms with van der Waals surface area (Å²) in [5, 5.41) is 4.88. The van der Waals surface area contributed by atoms with E-state index < -0.39 is 0 Å². The van der Waals surface area contributed by atoms with Gasteiger partial charge in [0.2, 0.25) is 0 Å². The first-order valence-corrected chi connectivity index (χ1v) is 9.68. The summed E-state index contributed by atoms with van der Waals surface area (Å²) >= 11 is 6.29. The van der Waals surface area contributed by atoms with Crippen molar-refractivity contribution in [3.05, 3.63) is 58.8 Å². The molecule has 5 nitrogen and oxygen atoms in total. The normalized spacial score (nSPS) is 11.0. The Morgan fingerprint density at radius 1 is 1.21 bits per heavy atom. The number of para-hydroxylation sites is 1. The highest BCUT2D eigenvalue weighted by atomic mass is 35.5. The van der Waals surface area contributed by atoms with E-state index in [9.17, 15) is 4.79 Å². The van der Waals surface area contributed by atoms with Crippen LogP contribution in [0.5, 0.6) is 5.75 Å². The number of halogens is 1. The van der Waals surface area contributed by atoms with Crippen LogP contribution in [0.4, 0.5) is 5.69 Å². The van der Waals surface area contributed by atoms with Crippen LogP contribution in [0.25, 0.3) is 11.0 Å². The maximum absolute atomic E-state index is 11.8. The summed E-state index contributed by atoms with van der Waals surface area (Å²) in [7, 11) is 0. The van der Waals surface area contributed by atoms with Gasteiger partial charge in [-0.15, -0.1) is 0 Å². The Kier molecular flexibility index (Phi) is 6.47. The molecule has 3 rings (SSSR count). The number of nitrogens with one attached hydrogen (secondary N) is 1. The van der Waals surface area contributed by atoms with Gasteiger partial charge in [0.15, 0.2) is 5.58 Å². The molecular weight excluding hydrogens is 378 g/mol. The van der Waals surface area contributed by atoms with E-state index in [0.29, 0.717) is 24.0 Å². The van der Waals surface area contributed by atoms with Crippen LogP contribution in [0.2, 0.25) is 5.02 Å². The smallest absolute Gasteiger partial charge is 0.310 e. The third-order valence-corrected chi connectivity index (χ3v) is 4.38. The molecule has 0 amide bonds. The SMILES string of the molecule is CCOC(=O)Cc1ccccc1OCc1coc2c(NC(C)C)cc(Cl)cc12. The zero-order chi connectivity index (χ0) is 20.1. The number of hydrogen-bond acceptors (Lipinski definition) is 5. The summed E-state index contributed by atoms with van der Waals surface area (Å²) < 4.78 is 16.8. The summed E-state index contributed by atoms with van der Waals surface area (Å²) in [5.74, 6) is 0.371. The van der Waals surface area contributed by atoms with E-state index in [1.807, 2.05) is 36.4 Å². The standard InChI is InChI=1S/C22H24ClNO4/c1-4-26-21(25)9-15-7-5-6-8-20(15)27-12-16-13-28-22-18(16)10-17(23)11-19(22)24-14(2)3/h5-8,10-11,13-14,24H,4,9,12H2,1-3H3. The maximum atomic E-state index is 11.8. The van der Waals surface area contributed by atoms with Crippen molar-refractivity contribution < 1.29 is 18.7 Å². The molecule has 148 valence electrons.